The van der Waals surface area contributed by atoms with Crippen molar-refractivity contribution in [1.29, 1.82) is 5.41 Å². The van der Waals surface area contributed by atoms with E-state index in [-0.39, 0.29) is 38.7 Å². The van der Waals surface area contributed by atoms with Crippen LogP contribution in [0.5, 0.6) is 0 Å². The number of hydrogen-bond acceptors (Lipinski definition) is 5. The van der Waals surface area contributed by atoms with Crippen LogP contribution in [0.1, 0.15) is 5.56 Å². The highest BCUT2D eigenvalue weighted by atomic mass is 19.4. The zero-order chi connectivity index (χ0) is 21.6. The zero-order valence-electron chi connectivity index (χ0n) is 15.1. The highest BCUT2D eigenvalue weighted by molar-refractivity contribution is 5.89. The lowest BCUT2D eigenvalue weighted by Crippen LogP contribution is -2.53. The van der Waals surface area contributed by atoms with E-state index in [9.17, 15) is 27.6 Å². The number of piperazine rings is 1. The van der Waals surface area contributed by atoms with Gasteiger partial charge in [0.2, 0.25) is 0 Å². The molecule has 0 saturated carbocycles. The van der Waals surface area contributed by atoms with Crippen molar-refractivity contribution in [3.8, 4) is 0 Å². The number of carbonyl (C=O) groups excluding carboxylic acids is 3. The minimum Gasteiger partial charge on any atom is -0.370 e. The Balaban J connectivity index is 1.76. The van der Waals surface area contributed by atoms with Crippen molar-refractivity contribution >= 4 is 29.7 Å². The van der Waals surface area contributed by atoms with Crippen LogP contribution >= 0.6 is 0 Å². The van der Waals surface area contributed by atoms with Gasteiger partial charge in [-0.25, -0.2) is 14.4 Å². The Morgan fingerprint density at radius 3 is 2.14 bits per heavy atom. The average Bonchev–Trinajstić information content (AvgIpc) is 2.66. The number of guanidine groups is 1. The Kier molecular flexibility index (Phi) is 6.85. The van der Waals surface area contributed by atoms with Crippen LogP contribution in [0.25, 0.3) is 0 Å². The Labute approximate surface area is 163 Å². The third kappa shape index (κ3) is 6.55. The molecule has 2 rings (SSSR count). The Hall–Kier alpha value is -3.51. The fourth-order valence-electron chi connectivity index (χ4n) is 2.44. The van der Waals surface area contributed by atoms with E-state index in [1.165, 1.54) is 4.90 Å². The first kappa shape index (κ1) is 21.8. The fraction of sp³-hybridized carbons (Fsp3) is 0.375. The number of halogens is 3. The molecule has 1 aromatic carbocycles. The summed E-state index contributed by atoms with van der Waals surface area (Å²) in [5.74, 6) is -2.77. The maximum Gasteiger partial charge on any atom is 0.491 e. The number of benzene rings is 1. The molecular formula is C16H19F3N6O4. The summed E-state index contributed by atoms with van der Waals surface area (Å²) in [4.78, 5) is 36.8. The van der Waals surface area contributed by atoms with Gasteiger partial charge in [0, 0.05) is 38.4 Å². The van der Waals surface area contributed by atoms with Gasteiger partial charge in [0.15, 0.2) is 5.96 Å². The predicted octanol–water partition coefficient (Wildman–Crippen LogP) is 1.04. The molecule has 0 radical (unpaired) electrons. The number of hydrogen-bond donors (Lipinski definition) is 4. The van der Waals surface area contributed by atoms with Gasteiger partial charge in [0.05, 0.1) is 0 Å². The molecule has 0 spiro atoms. The van der Waals surface area contributed by atoms with Gasteiger partial charge in [-0.05, 0) is 17.7 Å². The summed E-state index contributed by atoms with van der Waals surface area (Å²) in [5, 5.41) is 12.5. The molecule has 0 aromatic heterocycles. The Bertz CT molecular complexity index is 776. The maximum absolute atomic E-state index is 12.2. The summed E-state index contributed by atoms with van der Waals surface area (Å²) in [7, 11) is 0. The summed E-state index contributed by atoms with van der Waals surface area (Å²) in [6.07, 6.45) is -6.65. The highest BCUT2D eigenvalue weighted by Crippen LogP contribution is 2.17. The van der Waals surface area contributed by atoms with Gasteiger partial charge < -0.3 is 30.9 Å². The first-order valence-corrected chi connectivity index (χ1v) is 8.37. The van der Waals surface area contributed by atoms with Crippen LogP contribution in [0.2, 0.25) is 0 Å². The lowest BCUT2D eigenvalue weighted by atomic mass is 10.2. The van der Waals surface area contributed by atoms with Gasteiger partial charge in [0.1, 0.15) is 0 Å². The monoisotopic (exact) mass is 416 g/mol. The van der Waals surface area contributed by atoms with Crippen LogP contribution in [0, 0.1) is 5.41 Å². The summed E-state index contributed by atoms with van der Waals surface area (Å²) in [6, 6.07) is 6.44. The number of nitrogens with two attached hydrogens (primary N) is 1. The molecule has 1 aliphatic heterocycles. The number of nitrogens with zero attached hydrogens (tertiary/aromatic N) is 2. The van der Waals surface area contributed by atoms with Crippen LogP contribution in [0.4, 0.5) is 28.4 Å². The molecule has 29 heavy (non-hydrogen) atoms. The molecule has 5 N–H and O–H groups in total. The van der Waals surface area contributed by atoms with Crippen LogP contribution in [0.3, 0.4) is 0 Å². The van der Waals surface area contributed by atoms with E-state index in [2.05, 4.69) is 15.4 Å². The molecule has 1 saturated heterocycles. The average molecular weight is 416 g/mol. The number of nitrogens with one attached hydrogen (secondary N) is 3. The van der Waals surface area contributed by atoms with Crippen LogP contribution < -0.4 is 16.4 Å². The van der Waals surface area contributed by atoms with E-state index < -0.39 is 24.3 Å². The predicted molar refractivity (Wildman–Crippen MR) is 94.9 cm³/mol. The Morgan fingerprint density at radius 2 is 1.62 bits per heavy atom. The van der Waals surface area contributed by atoms with Crippen molar-refractivity contribution in [1.82, 2.24) is 15.1 Å². The van der Waals surface area contributed by atoms with E-state index in [0.717, 1.165) is 10.5 Å². The molecule has 10 nitrogen and oxygen atoms in total. The van der Waals surface area contributed by atoms with Crippen molar-refractivity contribution in [3.63, 3.8) is 0 Å². The van der Waals surface area contributed by atoms with Crippen LogP contribution in [0.15, 0.2) is 24.3 Å². The van der Waals surface area contributed by atoms with Gasteiger partial charge in [-0.2, -0.15) is 13.2 Å². The van der Waals surface area contributed by atoms with Gasteiger partial charge in [0.25, 0.3) is 0 Å². The molecule has 1 fully saturated rings. The molecular weight excluding hydrogens is 397 g/mol. The van der Waals surface area contributed by atoms with Gasteiger partial charge in [-0.3, -0.25) is 5.41 Å². The first-order chi connectivity index (χ1) is 13.6. The van der Waals surface area contributed by atoms with E-state index in [0.29, 0.717) is 5.69 Å². The van der Waals surface area contributed by atoms with Crippen molar-refractivity contribution in [2.75, 3.05) is 31.5 Å². The molecule has 0 unspecified atom stereocenters. The second-order valence-electron chi connectivity index (χ2n) is 6.02. The number of carbonyl (C=O) groups is 3. The second kappa shape index (κ2) is 9.12. The topological polar surface area (TPSA) is 141 Å². The highest BCUT2D eigenvalue weighted by Gasteiger charge is 2.43. The normalized spacial score (nSPS) is 14.2. The van der Waals surface area contributed by atoms with Crippen molar-refractivity contribution in [3.05, 3.63) is 29.8 Å². The van der Waals surface area contributed by atoms with Crippen LogP contribution in [-0.2, 0) is 16.1 Å². The Morgan fingerprint density at radius 1 is 1.07 bits per heavy atom. The summed E-state index contributed by atoms with van der Waals surface area (Å²) in [5.41, 5.74) is 6.64. The number of amides is 3. The molecule has 13 heteroatoms. The van der Waals surface area contributed by atoms with E-state index in [1.54, 1.807) is 24.3 Å². The smallest absolute Gasteiger partial charge is 0.370 e. The number of urea groups is 1. The quantitative estimate of drug-likeness (QED) is 0.251. The van der Waals surface area contributed by atoms with Crippen molar-refractivity contribution in [2.24, 2.45) is 5.73 Å². The summed E-state index contributed by atoms with van der Waals surface area (Å²) >= 11 is 0. The third-order valence-corrected chi connectivity index (χ3v) is 3.91. The third-order valence-electron chi connectivity index (χ3n) is 3.91. The number of alkyl halides is 3. The number of anilines is 1. The van der Waals surface area contributed by atoms with Gasteiger partial charge in [-0.15, -0.1) is 0 Å². The van der Waals surface area contributed by atoms with Crippen LogP contribution in [-0.4, -0.2) is 66.2 Å². The number of rotatable bonds is 3. The first-order valence-electron chi connectivity index (χ1n) is 8.37. The largest absolute Gasteiger partial charge is 0.491 e. The number of esters is 1. The van der Waals surface area contributed by atoms with Gasteiger partial charge in [-0.1, -0.05) is 12.1 Å². The molecule has 0 bridgehead atoms. The molecule has 0 aliphatic carbocycles. The fourth-order valence-corrected chi connectivity index (χ4v) is 2.44. The lowest BCUT2D eigenvalue weighted by molar-refractivity contribution is -0.193. The molecule has 3 amide bonds. The minimum atomic E-state index is -5.25. The minimum absolute atomic E-state index is 0.0667. The van der Waals surface area contributed by atoms with Gasteiger partial charge >= 0.3 is 24.3 Å². The van der Waals surface area contributed by atoms with E-state index in [1.807, 2.05) is 0 Å². The summed E-state index contributed by atoms with van der Waals surface area (Å²) in [6.45, 7) is 0.234. The molecule has 158 valence electrons. The molecule has 0 atom stereocenters. The number of ether oxygens (including phenoxy) is 1. The standard InChI is InChI=1S/C16H19F3N6O4/c17-16(18,19)12(26)29-15(28)25-7-5-24(6-8-25)14(27)22-9-10-1-3-11(4-2-10)23-13(20)21/h1-4H,5-9H2,(H,22,27)(H4,20,21,23). The van der Waals surface area contributed by atoms with E-state index in [4.69, 9.17) is 11.1 Å². The second-order valence-corrected chi connectivity index (χ2v) is 6.02. The summed E-state index contributed by atoms with van der Waals surface area (Å²) < 4.78 is 40.1. The maximum atomic E-state index is 12.2. The lowest BCUT2D eigenvalue weighted by Gasteiger charge is -2.33. The SMILES string of the molecule is N=C(N)Nc1ccc(CNC(=O)N2CCN(C(=O)OC(=O)C(F)(F)F)CC2)cc1. The van der Waals surface area contributed by atoms with E-state index >= 15 is 0 Å². The van der Waals surface area contributed by atoms with Crippen molar-refractivity contribution in [2.45, 2.75) is 12.7 Å². The molecule has 1 aliphatic rings. The molecule has 1 heterocycles. The van der Waals surface area contributed by atoms with Crippen molar-refractivity contribution < 1.29 is 32.3 Å². The molecule has 1 aromatic rings. The zero-order valence-corrected chi connectivity index (χ0v) is 15.1.